The van der Waals surface area contributed by atoms with Gasteiger partial charge >= 0.3 is 0 Å². The normalized spacial score (nSPS) is 28.6. The minimum atomic E-state index is -3.83. The Hall–Kier alpha value is -0.813. The molecule has 7 nitrogen and oxygen atoms in total. The van der Waals surface area contributed by atoms with Crippen molar-refractivity contribution in [2.75, 3.05) is 13.2 Å². The van der Waals surface area contributed by atoms with Crippen molar-refractivity contribution in [2.45, 2.75) is 94.8 Å². The van der Waals surface area contributed by atoms with Gasteiger partial charge in [0.1, 0.15) is 24.4 Å². The quantitative estimate of drug-likeness (QED) is 0.321. The van der Waals surface area contributed by atoms with Crippen LogP contribution in [-0.2, 0) is 32.9 Å². The average Bonchev–Trinajstić information content (AvgIpc) is 3.34. The van der Waals surface area contributed by atoms with E-state index in [4.69, 9.17) is 22.8 Å². The number of ether oxygens (including phenoxy) is 3. The van der Waals surface area contributed by atoms with Gasteiger partial charge < -0.3 is 18.6 Å². The Kier molecular flexibility index (Phi) is 6.82. The zero-order valence-electron chi connectivity index (χ0n) is 19.8. The number of epoxide rings is 1. The molecule has 2 aliphatic heterocycles. The summed E-state index contributed by atoms with van der Waals surface area (Å²) in [5.41, 5.74) is 0.983. The summed E-state index contributed by atoms with van der Waals surface area (Å²) in [6.45, 7) is 17.0. The average molecular weight is 473 g/mol. The molecule has 0 aromatic heterocycles. The molecule has 0 radical (unpaired) electrons. The van der Waals surface area contributed by atoms with E-state index < -0.39 is 24.2 Å². The summed E-state index contributed by atoms with van der Waals surface area (Å²) in [5.74, 6) is -0.753. The third kappa shape index (κ3) is 5.96. The topological polar surface area (TPSA) is 83.6 Å². The van der Waals surface area contributed by atoms with Crippen molar-refractivity contribution in [3.8, 4) is 0 Å². The van der Waals surface area contributed by atoms with Gasteiger partial charge in [-0.05, 0) is 51.0 Å². The summed E-state index contributed by atoms with van der Waals surface area (Å²) in [5, 5.41) is 0.0915. The van der Waals surface area contributed by atoms with Crippen molar-refractivity contribution in [2.24, 2.45) is 0 Å². The lowest BCUT2D eigenvalue weighted by atomic mass is 10.1. The van der Waals surface area contributed by atoms with Crippen molar-refractivity contribution >= 4 is 18.4 Å². The minimum absolute atomic E-state index is 0.0586. The maximum absolute atomic E-state index is 12.4. The number of hydrogen-bond acceptors (Lipinski definition) is 7. The highest BCUT2D eigenvalue weighted by molar-refractivity contribution is 7.86. The molecule has 2 heterocycles. The summed E-state index contributed by atoms with van der Waals surface area (Å²) in [7, 11) is -5.77. The Morgan fingerprint density at radius 1 is 1.00 bits per heavy atom. The van der Waals surface area contributed by atoms with E-state index >= 15 is 0 Å². The number of hydrogen-bond donors (Lipinski definition) is 0. The molecule has 1 aromatic rings. The monoisotopic (exact) mass is 472 g/mol. The van der Waals surface area contributed by atoms with Crippen molar-refractivity contribution < 1.29 is 31.2 Å². The molecule has 0 aliphatic carbocycles. The van der Waals surface area contributed by atoms with E-state index in [0.29, 0.717) is 6.61 Å². The second-order valence-electron chi connectivity index (χ2n) is 10.4. The standard InChI is InChI=1S/C22H36O7SSi/c1-15-9-11-16(12-10-15)30(23,24)25-13-17-19(27-17)20-18(28-22(5,6)29-20)14-26-31(7,8)21(2,3)4/h9-12,17-20H,13-14H2,1-8H3/t17-,18-,19+,20+/m0/s1. The summed E-state index contributed by atoms with van der Waals surface area (Å²) in [4.78, 5) is 0.137. The molecule has 4 atom stereocenters. The van der Waals surface area contributed by atoms with Gasteiger partial charge in [-0.15, -0.1) is 0 Å². The summed E-state index contributed by atoms with van der Waals surface area (Å²) < 4.78 is 54.3. The van der Waals surface area contributed by atoms with Crippen LogP contribution >= 0.6 is 0 Å². The summed E-state index contributed by atoms with van der Waals surface area (Å²) in [6.07, 6.45) is -1.27. The Bertz CT molecular complexity index is 874. The first kappa shape index (κ1) is 24.8. The fourth-order valence-corrected chi connectivity index (χ4v) is 5.22. The van der Waals surface area contributed by atoms with Crippen LogP contribution in [0.5, 0.6) is 0 Å². The highest BCUT2D eigenvalue weighted by atomic mass is 32.2. The first-order chi connectivity index (χ1) is 14.1. The highest BCUT2D eigenvalue weighted by Crippen LogP contribution is 2.41. The van der Waals surface area contributed by atoms with Crippen LogP contribution < -0.4 is 0 Å². The molecule has 2 saturated heterocycles. The van der Waals surface area contributed by atoms with E-state index in [0.717, 1.165) is 5.56 Å². The molecule has 0 unspecified atom stereocenters. The van der Waals surface area contributed by atoms with Crippen molar-refractivity contribution in [3.05, 3.63) is 29.8 Å². The lowest BCUT2D eigenvalue weighted by molar-refractivity contribution is -0.150. The molecule has 0 spiro atoms. The fourth-order valence-electron chi connectivity index (χ4n) is 3.29. The molecule has 0 amide bonds. The maximum Gasteiger partial charge on any atom is 0.297 e. The van der Waals surface area contributed by atoms with Crippen LogP contribution in [0.15, 0.2) is 29.2 Å². The van der Waals surface area contributed by atoms with Crippen molar-refractivity contribution in [3.63, 3.8) is 0 Å². The Labute approximate surface area is 187 Å². The Morgan fingerprint density at radius 3 is 2.19 bits per heavy atom. The second-order valence-corrected chi connectivity index (χ2v) is 16.8. The highest BCUT2D eigenvalue weighted by Gasteiger charge is 2.56. The van der Waals surface area contributed by atoms with Gasteiger partial charge in [-0.1, -0.05) is 38.5 Å². The first-order valence-electron chi connectivity index (χ1n) is 10.7. The van der Waals surface area contributed by atoms with Gasteiger partial charge in [-0.2, -0.15) is 8.42 Å². The third-order valence-electron chi connectivity index (χ3n) is 6.28. The molecule has 9 heteroatoms. The van der Waals surface area contributed by atoms with Crippen molar-refractivity contribution in [1.82, 2.24) is 0 Å². The summed E-state index contributed by atoms with van der Waals surface area (Å²) >= 11 is 0. The molecule has 176 valence electrons. The van der Waals surface area contributed by atoms with Gasteiger partial charge in [0, 0.05) is 0 Å². The summed E-state index contributed by atoms with van der Waals surface area (Å²) in [6, 6.07) is 6.57. The lowest BCUT2D eigenvalue weighted by Gasteiger charge is -2.37. The van der Waals surface area contributed by atoms with E-state index in [1.165, 1.54) is 0 Å². The molecule has 0 saturated carbocycles. The van der Waals surface area contributed by atoms with Crippen LogP contribution in [0, 0.1) is 6.92 Å². The molecule has 2 fully saturated rings. The first-order valence-corrected chi connectivity index (χ1v) is 15.0. The minimum Gasteiger partial charge on any atom is -0.414 e. The smallest absolute Gasteiger partial charge is 0.297 e. The SMILES string of the molecule is Cc1ccc(S(=O)(=O)OC[C@@H]2O[C@H]2[C@@H]2OC(C)(C)O[C@H]2CO[Si](C)(C)C(C)(C)C)cc1. The van der Waals surface area contributed by atoms with Crippen LogP contribution in [0.25, 0.3) is 0 Å². The molecule has 3 rings (SSSR count). The van der Waals surface area contributed by atoms with Crippen LogP contribution in [0.4, 0.5) is 0 Å². The molecular weight excluding hydrogens is 436 g/mol. The van der Waals surface area contributed by atoms with E-state index in [-0.39, 0.29) is 41.0 Å². The van der Waals surface area contributed by atoms with Crippen LogP contribution in [-0.4, -0.2) is 60.2 Å². The predicted molar refractivity (Wildman–Crippen MR) is 120 cm³/mol. The second kappa shape index (κ2) is 8.51. The van der Waals surface area contributed by atoms with Gasteiger partial charge in [0.25, 0.3) is 10.1 Å². The van der Waals surface area contributed by atoms with E-state index in [1.807, 2.05) is 20.8 Å². The zero-order chi connectivity index (χ0) is 23.2. The Balaban J connectivity index is 1.58. The third-order valence-corrected chi connectivity index (χ3v) is 12.1. The molecule has 31 heavy (non-hydrogen) atoms. The van der Waals surface area contributed by atoms with Gasteiger partial charge in [0.2, 0.25) is 0 Å². The predicted octanol–water partition coefficient (Wildman–Crippen LogP) is 4.01. The fraction of sp³-hybridized carbons (Fsp3) is 0.727. The lowest BCUT2D eigenvalue weighted by Crippen LogP contribution is -2.44. The van der Waals surface area contributed by atoms with Crippen LogP contribution in [0.1, 0.15) is 40.2 Å². The van der Waals surface area contributed by atoms with Gasteiger partial charge in [0.05, 0.1) is 18.1 Å². The van der Waals surface area contributed by atoms with Crippen LogP contribution in [0.3, 0.4) is 0 Å². The van der Waals surface area contributed by atoms with Crippen molar-refractivity contribution in [1.29, 1.82) is 0 Å². The van der Waals surface area contributed by atoms with Gasteiger partial charge in [-0.3, -0.25) is 4.18 Å². The zero-order valence-corrected chi connectivity index (χ0v) is 21.6. The molecule has 0 N–H and O–H groups in total. The Morgan fingerprint density at radius 2 is 1.61 bits per heavy atom. The number of aryl methyl sites for hydroxylation is 1. The van der Waals surface area contributed by atoms with E-state index in [9.17, 15) is 8.42 Å². The van der Waals surface area contributed by atoms with Crippen LogP contribution in [0.2, 0.25) is 18.1 Å². The number of benzene rings is 1. The molecule has 0 bridgehead atoms. The van der Waals surface area contributed by atoms with Gasteiger partial charge in [-0.25, -0.2) is 0 Å². The number of rotatable bonds is 8. The van der Waals surface area contributed by atoms with E-state index in [2.05, 4.69) is 33.9 Å². The van der Waals surface area contributed by atoms with Gasteiger partial charge in [0.15, 0.2) is 14.1 Å². The molecule has 1 aromatic carbocycles. The molecular formula is C22H36O7SSi. The van der Waals surface area contributed by atoms with E-state index in [1.54, 1.807) is 24.3 Å². The maximum atomic E-state index is 12.4. The molecule has 2 aliphatic rings. The largest absolute Gasteiger partial charge is 0.414 e.